The fourth-order valence-electron chi connectivity index (χ4n) is 3.26. The Bertz CT molecular complexity index is 801. The van der Waals surface area contributed by atoms with Crippen LogP contribution >= 0.6 is 0 Å². The maximum Gasteiger partial charge on any atom is 0.246 e. The summed E-state index contributed by atoms with van der Waals surface area (Å²) >= 11 is 0. The third-order valence-corrected chi connectivity index (χ3v) is 6.37. The van der Waals surface area contributed by atoms with Gasteiger partial charge in [-0.1, -0.05) is 20.8 Å². The standard InChI is InChI=1S/C18H26N4O2S/c1-18(2,3)14-21-13-17(12-20-21)25(23,24)22-10-6-16(7-11-22)15-4-8-19-9-5-15/h4-5,8-9,12-13,16H,6-7,10-11,14H2,1-3H3. The van der Waals surface area contributed by atoms with Gasteiger partial charge in [-0.05, 0) is 41.9 Å². The summed E-state index contributed by atoms with van der Waals surface area (Å²) in [6, 6.07) is 4.04. The third-order valence-electron chi connectivity index (χ3n) is 4.52. The molecule has 0 radical (unpaired) electrons. The van der Waals surface area contributed by atoms with E-state index in [0.717, 1.165) is 12.8 Å². The Balaban J connectivity index is 1.68. The lowest BCUT2D eigenvalue weighted by Crippen LogP contribution is -2.37. The smallest absolute Gasteiger partial charge is 0.246 e. The Labute approximate surface area is 149 Å². The molecular weight excluding hydrogens is 336 g/mol. The Morgan fingerprint density at radius 1 is 1.16 bits per heavy atom. The molecule has 1 fully saturated rings. The number of hydrogen-bond donors (Lipinski definition) is 0. The van der Waals surface area contributed by atoms with E-state index < -0.39 is 10.0 Å². The van der Waals surface area contributed by atoms with Crippen molar-refractivity contribution in [3.63, 3.8) is 0 Å². The average Bonchev–Trinajstić information content (AvgIpc) is 3.03. The van der Waals surface area contributed by atoms with Gasteiger partial charge in [0.15, 0.2) is 0 Å². The normalized spacial score (nSPS) is 17.7. The zero-order valence-corrected chi connectivity index (χ0v) is 15.9. The van der Waals surface area contributed by atoms with E-state index in [9.17, 15) is 8.42 Å². The van der Waals surface area contributed by atoms with E-state index in [2.05, 4.69) is 30.9 Å². The van der Waals surface area contributed by atoms with Crippen molar-refractivity contribution in [3.05, 3.63) is 42.5 Å². The number of pyridine rings is 1. The summed E-state index contributed by atoms with van der Waals surface area (Å²) in [5.74, 6) is 0.401. The lowest BCUT2D eigenvalue weighted by molar-refractivity contribution is 0.318. The van der Waals surface area contributed by atoms with Gasteiger partial charge in [-0.2, -0.15) is 9.40 Å². The zero-order chi connectivity index (χ0) is 18.1. The molecule has 0 bridgehead atoms. The van der Waals surface area contributed by atoms with E-state index in [-0.39, 0.29) is 5.41 Å². The topological polar surface area (TPSA) is 68.1 Å². The van der Waals surface area contributed by atoms with E-state index in [1.807, 2.05) is 12.1 Å². The van der Waals surface area contributed by atoms with Gasteiger partial charge >= 0.3 is 0 Å². The summed E-state index contributed by atoms with van der Waals surface area (Å²) in [7, 11) is -3.46. The molecule has 2 aromatic heterocycles. The van der Waals surface area contributed by atoms with Crippen LogP contribution in [-0.2, 0) is 16.6 Å². The quantitative estimate of drug-likeness (QED) is 0.839. The molecule has 0 amide bonds. The summed E-state index contributed by atoms with van der Waals surface area (Å²) in [6.07, 6.45) is 8.37. The van der Waals surface area contributed by atoms with Crippen molar-refractivity contribution in [1.29, 1.82) is 0 Å². The molecule has 1 aliphatic heterocycles. The van der Waals surface area contributed by atoms with Crippen molar-refractivity contribution in [3.8, 4) is 0 Å². The van der Waals surface area contributed by atoms with Gasteiger partial charge in [0.1, 0.15) is 4.90 Å². The number of sulfonamides is 1. The first-order chi connectivity index (χ1) is 11.8. The molecule has 0 atom stereocenters. The lowest BCUT2D eigenvalue weighted by Gasteiger charge is -2.31. The van der Waals surface area contributed by atoms with Crippen molar-refractivity contribution in [2.45, 2.75) is 51.0 Å². The third kappa shape index (κ3) is 4.27. The highest BCUT2D eigenvalue weighted by molar-refractivity contribution is 7.89. The second-order valence-corrected chi connectivity index (χ2v) is 9.83. The highest BCUT2D eigenvalue weighted by Gasteiger charge is 2.31. The molecule has 136 valence electrons. The van der Waals surface area contributed by atoms with Gasteiger partial charge in [-0.3, -0.25) is 9.67 Å². The average molecular weight is 362 g/mol. The molecule has 3 heterocycles. The zero-order valence-electron chi connectivity index (χ0n) is 15.1. The van der Waals surface area contributed by atoms with E-state index in [1.165, 1.54) is 11.8 Å². The first-order valence-corrected chi connectivity index (χ1v) is 10.1. The minimum Gasteiger partial charge on any atom is -0.271 e. The summed E-state index contributed by atoms with van der Waals surface area (Å²) in [5.41, 5.74) is 1.29. The van der Waals surface area contributed by atoms with Gasteiger partial charge in [0.25, 0.3) is 0 Å². The minimum absolute atomic E-state index is 0.0515. The van der Waals surface area contributed by atoms with Crippen LogP contribution in [-0.4, -0.2) is 40.6 Å². The molecule has 0 unspecified atom stereocenters. The van der Waals surface area contributed by atoms with E-state index in [0.29, 0.717) is 30.4 Å². The van der Waals surface area contributed by atoms with Crippen LogP contribution in [0.25, 0.3) is 0 Å². The summed E-state index contributed by atoms with van der Waals surface area (Å²) in [6.45, 7) is 8.08. The number of nitrogens with zero attached hydrogens (tertiary/aromatic N) is 4. The van der Waals surface area contributed by atoms with Gasteiger partial charge in [-0.15, -0.1) is 0 Å². The van der Waals surface area contributed by atoms with Gasteiger partial charge in [0.05, 0.1) is 6.20 Å². The van der Waals surface area contributed by atoms with Crippen molar-refractivity contribution in [2.24, 2.45) is 5.41 Å². The number of piperidine rings is 1. The molecular formula is C18H26N4O2S. The van der Waals surface area contributed by atoms with Crippen molar-refractivity contribution in [2.75, 3.05) is 13.1 Å². The predicted octanol–water partition coefficient (Wildman–Crippen LogP) is 2.89. The van der Waals surface area contributed by atoms with Crippen LogP contribution in [0.5, 0.6) is 0 Å². The summed E-state index contributed by atoms with van der Waals surface area (Å²) in [4.78, 5) is 4.34. The fraction of sp³-hybridized carbons (Fsp3) is 0.556. The summed E-state index contributed by atoms with van der Waals surface area (Å²) in [5, 5.41) is 4.23. The molecule has 0 spiro atoms. The van der Waals surface area contributed by atoms with Crippen molar-refractivity contribution < 1.29 is 8.42 Å². The molecule has 0 saturated carbocycles. The lowest BCUT2D eigenvalue weighted by atomic mass is 9.91. The Morgan fingerprint density at radius 3 is 2.40 bits per heavy atom. The highest BCUT2D eigenvalue weighted by atomic mass is 32.2. The molecule has 7 heteroatoms. The van der Waals surface area contributed by atoms with Crippen LogP contribution in [0.3, 0.4) is 0 Å². The highest BCUT2D eigenvalue weighted by Crippen LogP contribution is 2.30. The van der Waals surface area contributed by atoms with Crippen LogP contribution in [0.1, 0.15) is 45.1 Å². The molecule has 1 saturated heterocycles. The van der Waals surface area contributed by atoms with Crippen LogP contribution in [0.2, 0.25) is 0 Å². The van der Waals surface area contributed by atoms with Crippen molar-refractivity contribution >= 4 is 10.0 Å². The molecule has 2 aromatic rings. The molecule has 0 aromatic carbocycles. The first kappa shape index (κ1) is 18.1. The monoisotopic (exact) mass is 362 g/mol. The van der Waals surface area contributed by atoms with Gasteiger partial charge in [-0.25, -0.2) is 8.42 Å². The number of rotatable bonds is 4. The molecule has 0 aliphatic carbocycles. The van der Waals surface area contributed by atoms with Gasteiger partial charge in [0.2, 0.25) is 10.0 Å². The van der Waals surface area contributed by atoms with Crippen molar-refractivity contribution in [1.82, 2.24) is 19.1 Å². The number of hydrogen-bond acceptors (Lipinski definition) is 4. The van der Waals surface area contributed by atoms with E-state index in [1.54, 1.807) is 27.6 Å². The first-order valence-electron chi connectivity index (χ1n) is 8.68. The van der Waals surface area contributed by atoms with Crippen LogP contribution in [0.15, 0.2) is 41.8 Å². The second-order valence-electron chi connectivity index (χ2n) is 7.89. The maximum absolute atomic E-state index is 12.9. The Morgan fingerprint density at radius 2 is 1.80 bits per heavy atom. The molecule has 25 heavy (non-hydrogen) atoms. The van der Waals surface area contributed by atoms with Gasteiger partial charge in [0, 0.05) is 38.2 Å². The molecule has 0 N–H and O–H groups in total. The second kappa shape index (κ2) is 6.88. The molecule has 1 aliphatic rings. The minimum atomic E-state index is -3.46. The van der Waals surface area contributed by atoms with E-state index >= 15 is 0 Å². The fourth-order valence-corrected chi connectivity index (χ4v) is 4.69. The Hall–Kier alpha value is -1.73. The molecule has 6 nitrogen and oxygen atoms in total. The number of aromatic nitrogens is 3. The SMILES string of the molecule is CC(C)(C)Cn1cc(S(=O)(=O)N2CCC(c3ccncc3)CC2)cn1. The predicted molar refractivity (Wildman–Crippen MR) is 96.7 cm³/mol. The maximum atomic E-state index is 12.9. The largest absolute Gasteiger partial charge is 0.271 e. The molecule has 3 rings (SSSR count). The summed E-state index contributed by atoms with van der Waals surface area (Å²) < 4.78 is 29.0. The van der Waals surface area contributed by atoms with Crippen LogP contribution in [0.4, 0.5) is 0 Å². The van der Waals surface area contributed by atoms with Crippen LogP contribution in [0, 0.1) is 5.41 Å². The van der Waals surface area contributed by atoms with Gasteiger partial charge < -0.3 is 0 Å². The van der Waals surface area contributed by atoms with E-state index in [4.69, 9.17) is 0 Å². The Kier molecular flexibility index (Phi) is 4.97. The van der Waals surface area contributed by atoms with Crippen LogP contribution < -0.4 is 0 Å².